The SMILES string of the molecule is O=C(O)C=CC#CC#CC=CCO. The van der Waals surface area contributed by atoms with Gasteiger partial charge in [-0.1, -0.05) is 17.9 Å². The van der Waals surface area contributed by atoms with Crippen molar-refractivity contribution in [3.05, 3.63) is 24.3 Å². The van der Waals surface area contributed by atoms with Gasteiger partial charge in [0.1, 0.15) is 0 Å². The maximum Gasteiger partial charge on any atom is 0.328 e. The summed E-state index contributed by atoms with van der Waals surface area (Å²) in [7, 11) is 0. The van der Waals surface area contributed by atoms with Gasteiger partial charge in [-0.25, -0.2) is 4.79 Å². The standard InChI is InChI=1S/C10H8O3/c11-9-7-5-3-1-2-4-6-8-10(12)13/h5-8,11H,9H2,(H,12,13). The molecule has 13 heavy (non-hydrogen) atoms. The number of allylic oxidation sites excluding steroid dienone is 2. The maximum atomic E-state index is 9.94. The molecular formula is C10H8O3. The third kappa shape index (κ3) is 10.0. The fourth-order valence-corrected chi connectivity index (χ4v) is 0.380. The molecule has 0 aliphatic heterocycles. The molecule has 0 aliphatic rings. The molecule has 0 saturated heterocycles. The van der Waals surface area contributed by atoms with Gasteiger partial charge < -0.3 is 10.2 Å². The van der Waals surface area contributed by atoms with Gasteiger partial charge in [-0.15, -0.1) is 0 Å². The van der Waals surface area contributed by atoms with Crippen LogP contribution in [0, 0.1) is 23.7 Å². The van der Waals surface area contributed by atoms with E-state index in [1.165, 1.54) is 18.2 Å². The Morgan fingerprint density at radius 3 is 2.38 bits per heavy atom. The van der Waals surface area contributed by atoms with Crippen LogP contribution in [-0.2, 0) is 4.79 Å². The number of hydrogen-bond acceptors (Lipinski definition) is 2. The fraction of sp³-hybridized carbons (Fsp3) is 0.100. The summed E-state index contributed by atoms with van der Waals surface area (Å²) in [5.74, 6) is 8.75. The van der Waals surface area contributed by atoms with Crippen LogP contribution in [-0.4, -0.2) is 22.8 Å². The molecule has 2 N–H and O–H groups in total. The van der Waals surface area contributed by atoms with E-state index in [0.717, 1.165) is 6.08 Å². The molecule has 0 aromatic heterocycles. The maximum absolute atomic E-state index is 9.94. The van der Waals surface area contributed by atoms with Gasteiger partial charge in [0.05, 0.1) is 6.61 Å². The van der Waals surface area contributed by atoms with Crippen LogP contribution in [0.2, 0.25) is 0 Å². The topological polar surface area (TPSA) is 57.5 Å². The van der Waals surface area contributed by atoms with E-state index in [1.54, 1.807) is 0 Å². The molecule has 0 aromatic carbocycles. The molecule has 3 heteroatoms. The van der Waals surface area contributed by atoms with Gasteiger partial charge in [-0.2, -0.15) is 0 Å². The van der Waals surface area contributed by atoms with E-state index in [2.05, 4.69) is 23.7 Å². The molecule has 66 valence electrons. The first-order valence-electron chi connectivity index (χ1n) is 3.43. The third-order valence-corrected chi connectivity index (χ3v) is 0.823. The molecule has 0 aromatic rings. The monoisotopic (exact) mass is 176 g/mol. The Kier molecular flexibility index (Phi) is 6.90. The zero-order valence-electron chi connectivity index (χ0n) is 6.82. The van der Waals surface area contributed by atoms with Crippen molar-refractivity contribution in [2.24, 2.45) is 0 Å². The molecule has 0 saturated carbocycles. The van der Waals surface area contributed by atoms with E-state index < -0.39 is 5.97 Å². The Morgan fingerprint density at radius 2 is 1.85 bits per heavy atom. The summed E-state index contributed by atoms with van der Waals surface area (Å²) in [5, 5.41) is 16.5. The van der Waals surface area contributed by atoms with Crippen molar-refractivity contribution in [3.8, 4) is 23.7 Å². The van der Waals surface area contributed by atoms with Gasteiger partial charge in [0.25, 0.3) is 0 Å². The van der Waals surface area contributed by atoms with Gasteiger partial charge in [-0.3, -0.25) is 0 Å². The average Bonchev–Trinajstić information content (AvgIpc) is 2.09. The molecule has 0 atom stereocenters. The molecule has 0 unspecified atom stereocenters. The lowest BCUT2D eigenvalue weighted by atomic mass is 10.4. The lowest BCUT2D eigenvalue weighted by Gasteiger charge is -1.70. The number of aliphatic hydroxyl groups is 1. The molecule has 3 nitrogen and oxygen atoms in total. The molecule has 0 radical (unpaired) electrons. The quantitative estimate of drug-likeness (QED) is 0.466. The van der Waals surface area contributed by atoms with Crippen LogP contribution in [0.5, 0.6) is 0 Å². The molecule has 0 rings (SSSR count). The van der Waals surface area contributed by atoms with Crippen LogP contribution in [0.4, 0.5) is 0 Å². The summed E-state index contributed by atoms with van der Waals surface area (Å²) in [4.78, 5) is 9.94. The number of aliphatic carboxylic acids is 1. The molecular weight excluding hydrogens is 168 g/mol. The van der Waals surface area contributed by atoms with Gasteiger partial charge in [-0.05, 0) is 24.0 Å². The van der Waals surface area contributed by atoms with Gasteiger partial charge in [0.2, 0.25) is 0 Å². The van der Waals surface area contributed by atoms with Gasteiger partial charge in [0.15, 0.2) is 0 Å². The van der Waals surface area contributed by atoms with E-state index >= 15 is 0 Å². The Hall–Kier alpha value is -1.97. The van der Waals surface area contributed by atoms with Crippen LogP contribution < -0.4 is 0 Å². The summed E-state index contributed by atoms with van der Waals surface area (Å²) in [6, 6.07) is 0. The van der Waals surface area contributed by atoms with Crippen molar-refractivity contribution in [2.45, 2.75) is 0 Å². The van der Waals surface area contributed by atoms with Crippen LogP contribution >= 0.6 is 0 Å². The van der Waals surface area contributed by atoms with Crippen molar-refractivity contribution < 1.29 is 15.0 Å². The predicted molar refractivity (Wildman–Crippen MR) is 48.6 cm³/mol. The van der Waals surface area contributed by atoms with Crippen molar-refractivity contribution in [2.75, 3.05) is 6.61 Å². The largest absolute Gasteiger partial charge is 0.478 e. The minimum atomic E-state index is -1.04. The lowest BCUT2D eigenvalue weighted by Crippen LogP contribution is -1.84. The Morgan fingerprint density at radius 1 is 1.23 bits per heavy atom. The molecule has 0 spiro atoms. The van der Waals surface area contributed by atoms with Crippen molar-refractivity contribution in [1.29, 1.82) is 0 Å². The van der Waals surface area contributed by atoms with Crippen LogP contribution in [0.1, 0.15) is 0 Å². The zero-order valence-corrected chi connectivity index (χ0v) is 6.82. The second-order valence-corrected chi connectivity index (χ2v) is 1.80. The Balaban J connectivity index is 3.90. The number of carboxylic acids is 1. The van der Waals surface area contributed by atoms with E-state index in [-0.39, 0.29) is 6.61 Å². The fourth-order valence-electron chi connectivity index (χ4n) is 0.380. The number of carboxylic acid groups (broad SMARTS) is 1. The van der Waals surface area contributed by atoms with E-state index in [4.69, 9.17) is 10.2 Å². The number of aliphatic hydroxyl groups excluding tert-OH is 1. The highest BCUT2D eigenvalue weighted by Gasteiger charge is 1.78. The van der Waals surface area contributed by atoms with E-state index in [1.807, 2.05) is 0 Å². The number of hydrogen-bond donors (Lipinski definition) is 2. The zero-order chi connectivity index (χ0) is 9.94. The first-order chi connectivity index (χ1) is 6.27. The minimum Gasteiger partial charge on any atom is -0.478 e. The summed E-state index contributed by atoms with van der Waals surface area (Å²) >= 11 is 0. The number of carbonyl (C=O) groups is 1. The smallest absolute Gasteiger partial charge is 0.328 e. The number of rotatable bonds is 2. The van der Waals surface area contributed by atoms with Crippen molar-refractivity contribution in [1.82, 2.24) is 0 Å². The Labute approximate surface area is 76.4 Å². The van der Waals surface area contributed by atoms with Crippen LogP contribution in [0.25, 0.3) is 0 Å². The predicted octanol–water partition coefficient (Wildman–Crippen LogP) is 0.182. The molecule has 0 heterocycles. The average molecular weight is 176 g/mol. The van der Waals surface area contributed by atoms with Crippen molar-refractivity contribution >= 4 is 5.97 Å². The second-order valence-electron chi connectivity index (χ2n) is 1.80. The van der Waals surface area contributed by atoms with Gasteiger partial charge in [0, 0.05) is 6.08 Å². The summed E-state index contributed by atoms with van der Waals surface area (Å²) in [5.41, 5.74) is 0. The third-order valence-electron chi connectivity index (χ3n) is 0.823. The second kappa shape index (κ2) is 8.13. The molecule has 0 bridgehead atoms. The summed E-state index contributed by atoms with van der Waals surface area (Å²) < 4.78 is 0. The first-order valence-corrected chi connectivity index (χ1v) is 3.43. The van der Waals surface area contributed by atoms with Crippen LogP contribution in [0.3, 0.4) is 0 Å². The minimum absolute atomic E-state index is 0.0545. The lowest BCUT2D eigenvalue weighted by molar-refractivity contribution is -0.131. The highest BCUT2D eigenvalue weighted by molar-refractivity contribution is 5.80. The van der Waals surface area contributed by atoms with Crippen LogP contribution in [0.15, 0.2) is 24.3 Å². The molecule has 0 aliphatic carbocycles. The summed E-state index contributed by atoms with van der Waals surface area (Å²) in [6.07, 6.45) is 5.07. The molecule has 0 fully saturated rings. The highest BCUT2D eigenvalue weighted by atomic mass is 16.4. The normalized spacial score (nSPS) is 9.00. The van der Waals surface area contributed by atoms with E-state index in [9.17, 15) is 4.79 Å². The summed E-state index contributed by atoms with van der Waals surface area (Å²) in [6.45, 7) is -0.0545. The van der Waals surface area contributed by atoms with Crippen molar-refractivity contribution in [3.63, 3.8) is 0 Å². The highest BCUT2D eigenvalue weighted by Crippen LogP contribution is 1.69. The molecule has 0 amide bonds. The first kappa shape index (κ1) is 11.0. The van der Waals surface area contributed by atoms with E-state index in [0.29, 0.717) is 0 Å². The van der Waals surface area contributed by atoms with Gasteiger partial charge >= 0.3 is 5.97 Å². The Bertz CT molecular complexity index is 329.